The van der Waals surface area contributed by atoms with Gasteiger partial charge in [-0.2, -0.15) is 0 Å². The van der Waals surface area contributed by atoms with E-state index in [2.05, 4.69) is 5.32 Å². The first-order valence-electron chi connectivity index (χ1n) is 3.12. The summed E-state index contributed by atoms with van der Waals surface area (Å²) in [5.41, 5.74) is 0. The van der Waals surface area contributed by atoms with Crippen LogP contribution in [-0.2, 0) is 0 Å². The molecule has 1 fully saturated rings. The Kier molecular flexibility index (Phi) is 2.43. The standard InChI is InChI=1S/C6H11NS/c8-5-6-3-1-2-4-7-6/h5-7H,1-4H2. The van der Waals surface area contributed by atoms with E-state index in [4.69, 9.17) is 12.2 Å². The van der Waals surface area contributed by atoms with Crippen LogP contribution in [0.5, 0.6) is 0 Å². The highest BCUT2D eigenvalue weighted by molar-refractivity contribution is 7.79. The Hall–Kier alpha value is 0.0500. The summed E-state index contributed by atoms with van der Waals surface area (Å²) in [5, 5.41) is 5.14. The van der Waals surface area contributed by atoms with Crippen molar-refractivity contribution in [3.05, 3.63) is 0 Å². The summed E-state index contributed by atoms with van der Waals surface area (Å²) in [6.07, 6.45) is 3.90. The van der Waals surface area contributed by atoms with Crippen LogP contribution in [0.25, 0.3) is 0 Å². The van der Waals surface area contributed by atoms with E-state index in [0.717, 1.165) is 6.54 Å². The summed E-state index contributed by atoms with van der Waals surface area (Å²) < 4.78 is 0. The van der Waals surface area contributed by atoms with Crippen LogP contribution in [0.4, 0.5) is 0 Å². The van der Waals surface area contributed by atoms with Crippen LogP contribution in [0.2, 0.25) is 0 Å². The molecule has 0 aromatic carbocycles. The molecule has 1 heterocycles. The van der Waals surface area contributed by atoms with Gasteiger partial charge in [-0.05, 0) is 24.8 Å². The van der Waals surface area contributed by atoms with Gasteiger partial charge in [-0.1, -0.05) is 18.6 Å². The zero-order valence-electron chi connectivity index (χ0n) is 4.89. The Bertz CT molecular complexity index is 76.6. The molecule has 0 aromatic heterocycles. The minimum atomic E-state index is 0.527. The Balaban J connectivity index is 2.22. The van der Waals surface area contributed by atoms with Crippen molar-refractivity contribution in [3.8, 4) is 0 Å². The second-order valence-electron chi connectivity index (χ2n) is 2.19. The van der Waals surface area contributed by atoms with E-state index in [1.165, 1.54) is 19.3 Å². The first-order chi connectivity index (χ1) is 3.93. The Morgan fingerprint density at radius 3 is 2.75 bits per heavy atom. The summed E-state index contributed by atoms with van der Waals surface area (Å²) in [6, 6.07) is 0.527. The van der Waals surface area contributed by atoms with Gasteiger partial charge in [0.15, 0.2) is 0 Å². The third-order valence-corrected chi connectivity index (χ3v) is 1.84. The summed E-state index contributed by atoms with van der Waals surface area (Å²) >= 11 is 4.78. The highest BCUT2D eigenvalue weighted by Crippen LogP contribution is 2.04. The molecule has 0 saturated carbocycles. The summed E-state index contributed by atoms with van der Waals surface area (Å²) in [7, 11) is 0. The van der Waals surface area contributed by atoms with E-state index < -0.39 is 0 Å². The van der Waals surface area contributed by atoms with Gasteiger partial charge < -0.3 is 5.32 Å². The molecule has 2 heteroatoms. The van der Waals surface area contributed by atoms with Gasteiger partial charge in [0.25, 0.3) is 0 Å². The lowest BCUT2D eigenvalue weighted by atomic mass is 10.1. The third-order valence-electron chi connectivity index (χ3n) is 1.51. The zero-order chi connectivity index (χ0) is 5.82. The van der Waals surface area contributed by atoms with Crippen LogP contribution in [0, 0.1) is 0 Å². The van der Waals surface area contributed by atoms with E-state index in [-0.39, 0.29) is 0 Å². The average Bonchev–Trinajstić information content (AvgIpc) is 1.90. The van der Waals surface area contributed by atoms with Gasteiger partial charge in [0.2, 0.25) is 0 Å². The molecule has 8 heavy (non-hydrogen) atoms. The molecule has 0 bridgehead atoms. The number of piperidine rings is 1. The highest BCUT2D eigenvalue weighted by atomic mass is 32.1. The van der Waals surface area contributed by atoms with Crippen molar-refractivity contribution in [2.45, 2.75) is 25.3 Å². The lowest BCUT2D eigenvalue weighted by Crippen LogP contribution is -2.34. The van der Waals surface area contributed by atoms with Crippen molar-refractivity contribution in [3.63, 3.8) is 0 Å². The van der Waals surface area contributed by atoms with Crippen molar-refractivity contribution in [2.75, 3.05) is 6.54 Å². The van der Waals surface area contributed by atoms with Crippen molar-refractivity contribution >= 4 is 17.6 Å². The molecule has 1 unspecified atom stereocenters. The van der Waals surface area contributed by atoms with Gasteiger partial charge in [-0.15, -0.1) is 0 Å². The predicted molar refractivity (Wildman–Crippen MR) is 39.3 cm³/mol. The maximum atomic E-state index is 4.78. The maximum Gasteiger partial charge on any atom is 0.0353 e. The van der Waals surface area contributed by atoms with E-state index in [1.807, 2.05) is 5.37 Å². The number of hydrogen-bond donors (Lipinski definition) is 1. The van der Waals surface area contributed by atoms with Gasteiger partial charge in [0.05, 0.1) is 0 Å². The molecule has 0 radical (unpaired) electrons. The van der Waals surface area contributed by atoms with Gasteiger partial charge in [-0.25, -0.2) is 0 Å². The molecule has 1 saturated heterocycles. The molecule has 1 N–H and O–H groups in total. The normalized spacial score (nSPS) is 29.8. The second kappa shape index (κ2) is 3.15. The van der Waals surface area contributed by atoms with Crippen LogP contribution < -0.4 is 5.32 Å². The number of nitrogens with one attached hydrogen (secondary N) is 1. The van der Waals surface area contributed by atoms with Crippen LogP contribution in [-0.4, -0.2) is 18.0 Å². The molecule has 0 aromatic rings. The first-order valence-corrected chi connectivity index (χ1v) is 3.59. The quantitative estimate of drug-likeness (QED) is 0.533. The fraction of sp³-hybridized carbons (Fsp3) is 0.833. The third kappa shape index (κ3) is 1.53. The van der Waals surface area contributed by atoms with Crippen LogP contribution in [0.15, 0.2) is 0 Å². The van der Waals surface area contributed by atoms with Crippen molar-refractivity contribution in [1.29, 1.82) is 0 Å². The summed E-state index contributed by atoms with van der Waals surface area (Å²) in [5.74, 6) is 0. The van der Waals surface area contributed by atoms with E-state index in [0.29, 0.717) is 6.04 Å². The largest absolute Gasteiger partial charge is 0.310 e. The highest BCUT2D eigenvalue weighted by Gasteiger charge is 2.07. The van der Waals surface area contributed by atoms with Gasteiger partial charge in [-0.3, -0.25) is 0 Å². The molecule has 1 aliphatic heterocycles. The smallest absolute Gasteiger partial charge is 0.0353 e. The van der Waals surface area contributed by atoms with Crippen LogP contribution >= 0.6 is 12.2 Å². The number of thiocarbonyl (C=S) groups is 1. The van der Waals surface area contributed by atoms with Gasteiger partial charge >= 0.3 is 0 Å². The lowest BCUT2D eigenvalue weighted by molar-refractivity contribution is 0.479. The monoisotopic (exact) mass is 129 g/mol. The minimum absolute atomic E-state index is 0.527. The van der Waals surface area contributed by atoms with Crippen LogP contribution in [0.3, 0.4) is 0 Å². The molecule has 1 aliphatic rings. The topological polar surface area (TPSA) is 12.0 Å². The molecular weight excluding hydrogens is 118 g/mol. The van der Waals surface area contributed by atoms with Crippen molar-refractivity contribution in [2.24, 2.45) is 0 Å². The van der Waals surface area contributed by atoms with Crippen molar-refractivity contribution < 1.29 is 0 Å². The number of hydrogen-bond acceptors (Lipinski definition) is 2. The summed E-state index contributed by atoms with van der Waals surface area (Å²) in [4.78, 5) is 0. The van der Waals surface area contributed by atoms with E-state index in [9.17, 15) is 0 Å². The number of rotatable bonds is 1. The predicted octanol–water partition coefficient (Wildman–Crippen LogP) is 1.13. The maximum absolute atomic E-state index is 4.78. The lowest BCUT2D eigenvalue weighted by Gasteiger charge is -2.18. The Morgan fingerprint density at radius 1 is 1.50 bits per heavy atom. The molecular formula is C6H11NS. The molecule has 1 atom stereocenters. The second-order valence-corrected chi connectivity index (χ2v) is 2.46. The minimum Gasteiger partial charge on any atom is -0.310 e. The SMILES string of the molecule is S=CC1CCCCN1. The molecule has 0 amide bonds. The fourth-order valence-corrected chi connectivity index (χ4v) is 1.23. The molecule has 46 valence electrons. The van der Waals surface area contributed by atoms with E-state index >= 15 is 0 Å². The first kappa shape index (κ1) is 6.17. The van der Waals surface area contributed by atoms with E-state index in [1.54, 1.807) is 0 Å². The average molecular weight is 129 g/mol. The Morgan fingerprint density at radius 2 is 2.38 bits per heavy atom. The fourth-order valence-electron chi connectivity index (χ4n) is 0.995. The Labute approximate surface area is 55.5 Å². The molecule has 0 aliphatic carbocycles. The molecule has 1 rings (SSSR count). The molecule has 0 spiro atoms. The van der Waals surface area contributed by atoms with Crippen molar-refractivity contribution in [1.82, 2.24) is 5.32 Å². The zero-order valence-corrected chi connectivity index (χ0v) is 5.71. The van der Waals surface area contributed by atoms with Gasteiger partial charge in [0.1, 0.15) is 0 Å². The van der Waals surface area contributed by atoms with Gasteiger partial charge in [0, 0.05) is 6.04 Å². The molecule has 1 nitrogen and oxygen atoms in total. The summed E-state index contributed by atoms with van der Waals surface area (Å²) in [6.45, 7) is 1.15. The van der Waals surface area contributed by atoms with Crippen LogP contribution in [0.1, 0.15) is 19.3 Å².